The normalized spacial score (nSPS) is 19.5. The quantitative estimate of drug-likeness (QED) is 0.198. The van der Waals surface area contributed by atoms with Gasteiger partial charge in [-0.05, 0) is 19.3 Å². The van der Waals surface area contributed by atoms with Crippen LogP contribution in [0.3, 0.4) is 0 Å². The second-order valence-electron chi connectivity index (χ2n) is 9.29. The van der Waals surface area contributed by atoms with Crippen LogP contribution in [0.15, 0.2) is 0 Å². The zero-order valence-electron chi connectivity index (χ0n) is 19.3. The summed E-state index contributed by atoms with van der Waals surface area (Å²) in [6.45, 7) is 3.51. The third-order valence-corrected chi connectivity index (χ3v) is 6.65. The van der Waals surface area contributed by atoms with Crippen molar-refractivity contribution in [2.45, 2.75) is 148 Å². The van der Waals surface area contributed by atoms with Crippen LogP contribution in [0.1, 0.15) is 142 Å². The summed E-state index contributed by atoms with van der Waals surface area (Å²) in [6.07, 6.45) is 29.5. The third-order valence-electron chi connectivity index (χ3n) is 6.65. The molecule has 1 aliphatic carbocycles. The topological polar surface area (TPSA) is 29.5 Å². The van der Waals surface area contributed by atoms with E-state index in [2.05, 4.69) is 6.92 Å². The first-order valence-corrected chi connectivity index (χ1v) is 13.1. The van der Waals surface area contributed by atoms with Crippen molar-refractivity contribution >= 4 is 0 Å². The molecule has 0 saturated heterocycles. The summed E-state index contributed by atoms with van der Waals surface area (Å²) in [7, 11) is 0. The molecule has 2 nitrogen and oxygen atoms in total. The van der Waals surface area contributed by atoms with Gasteiger partial charge in [0.1, 0.15) is 0 Å². The van der Waals surface area contributed by atoms with Gasteiger partial charge in [-0.1, -0.05) is 122 Å². The summed E-state index contributed by atoms with van der Waals surface area (Å²) in [4.78, 5) is 0. The van der Waals surface area contributed by atoms with E-state index < -0.39 is 0 Å². The van der Waals surface area contributed by atoms with Gasteiger partial charge in [-0.3, -0.25) is 0 Å². The molecule has 28 heavy (non-hydrogen) atoms. The van der Waals surface area contributed by atoms with Crippen molar-refractivity contribution in [1.82, 2.24) is 0 Å². The third kappa shape index (κ3) is 14.9. The Balaban J connectivity index is 1.68. The highest BCUT2D eigenvalue weighted by atomic mass is 16.5. The Kier molecular flexibility index (Phi) is 18.7. The highest BCUT2D eigenvalue weighted by Gasteiger charge is 2.26. The lowest BCUT2D eigenvalue weighted by molar-refractivity contribution is 0.00875. The fourth-order valence-electron chi connectivity index (χ4n) is 4.67. The minimum atomic E-state index is 0.309. The van der Waals surface area contributed by atoms with Crippen molar-refractivity contribution in [3.05, 3.63) is 0 Å². The van der Waals surface area contributed by atoms with Crippen molar-refractivity contribution in [1.29, 1.82) is 0 Å². The number of hydrogen-bond donors (Lipinski definition) is 1. The van der Waals surface area contributed by atoms with E-state index in [0.29, 0.717) is 18.6 Å². The molecule has 0 aromatic heterocycles. The Labute approximate surface area is 177 Å². The van der Waals surface area contributed by atoms with Crippen molar-refractivity contribution in [3.8, 4) is 0 Å². The summed E-state index contributed by atoms with van der Waals surface area (Å²) < 4.78 is 5.98. The molecule has 0 bridgehead atoms. The summed E-state index contributed by atoms with van der Waals surface area (Å²) in [5.41, 5.74) is 0. The Bertz CT molecular complexity index is 305. The predicted molar refractivity (Wildman–Crippen MR) is 123 cm³/mol. The van der Waals surface area contributed by atoms with Crippen LogP contribution in [0.2, 0.25) is 0 Å². The molecular formula is C26H52O2. The van der Waals surface area contributed by atoms with E-state index >= 15 is 0 Å². The van der Waals surface area contributed by atoms with E-state index in [1.165, 1.54) is 122 Å². The Hall–Kier alpha value is -0.0800. The van der Waals surface area contributed by atoms with E-state index in [9.17, 15) is 5.11 Å². The van der Waals surface area contributed by atoms with Crippen LogP contribution in [0.5, 0.6) is 0 Å². The Morgan fingerprint density at radius 3 is 1.46 bits per heavy atom. The largest absolute Gasteiger partial charge is 0.396 e. The molecule has 0 heterocycles. The summed E-state index contributed by atoms with van der Waals surface area (Å²) in [6, 6.07) is 0. The molecule has 0 unspecified atom stereocenters. The van der Waals surface area contributed by atoms with Gasteiger partial charge in [0.15, 0.2) is 0 Å². The number of ether oxygens (including phenoxy) is 1. The molecule has 1 N–H and O–H groups in total. The van der Waals surface area contributed by atoms with Gasteiger partial charge in [0.2, 0.25) is 0 Å². The number of rotatable bonds is 21. The monoisotopic (exact) mass is 396 g/mol. The lowest BCUT2D eigenvalue weighted by Gasteiger charge is -2.18. The van der Waals surface area contributed by atoms with Crippen LogP contribution in [-0.4, -0.2) is 24.4 Å². The maximum atomic E-state index is 9.32. The molecule has 0 aliphatic heterocycles. The molecule has 0 aromatic carbocycles. The van der Waals surface area contributed by atoms with Gasteiger partial charge in [0.05, 0.1) is 6.10 Å². The molecule has 1 fully saturated rings. The van der Waals surface area contributed by atoms with E-state index in [-0.39, 0.29) is 0 Å². The van der Waals surface area contributed by atoms with Gasteiger partial charge in [-0.15, -0.1) is 0 Å². The summed E-state index contributed by atoms with van der Waals surface area (Å²) in [5.74, 6) is 0.413. The van der Waals surface area contributed by atoms with Gasteiger partial charge in [0, 0.05) is 19.1 Å². The van der Waals surface area contributed by atoms with Crippen LogP contribution in [0, 0.1) is 5.92 Å². The van der Waals surface area contributed by atoms with Gasteiger partial charge in [-0.25, -0.2) is 0 Å². The van der Waals surface area contributed by atoms with Gasteiger partial charge < -0.3 is 9.84 Å². The van der Waals surface area contributed by atoms with E-state index in [4.69, 9.17) is 4.74 Å². The molecule has 168 valence electrons. The molecule has 1 aliphatic rings. The van der Waals surface area contributed by atoms with Gasteiger partial charge in [-0.2, -0.15) is 0 Å². The first-order chi connectivity index (χ1) is 13.9. The van der Waals surface area contributed by atoms with Crippen molar-refractivity contribution in [3.63, 3.8) is 0 Å². The molecule has 2 heteroatoms. The number of aliphatic hydroxyl groups excluding tert-OH is 1. The maximum absolute atomic E-state index is 9.32. The Morgan fingerprint density at radius 2 is 1.04 bits per heavy atom. The lowest BCUT2D eigenvalue weighted by atomic mass is 10.0. The van der Waals surface area contributed by atoms with Crippen LogP contribution < -0.4 is 0 Å². The van der Waals surface area contributed by atoms with Crippen molar-refractivity contribution < 1.29 is 9.84 Å². The van der Waals surface area contributed by atoms with Gasteiger partial charge >= 0.3 is 0 Å². The molecular weight excluding hydrogens is 344 g/mol. The fourth-order valence-corrected chi connectivity index (χ4v) is 4.67. The molecule has 0 aromatic rings. The number of unbranched alkanes of at least 4 members (excludes halogenated alkanes) is 17. The molecule has 1 saturated carbocycles. The molecule has 0 radical (unpaired) electrons. The van der Waals surface area contributed by atoms with Crippen LogP contribution in [0.4, 0.5) is 0 Å². The second-order valence-corrected chi connectivity index (χ2v) is 9.29. The Morgan fingerprint density at radius 1 is 0.607 bits per heavy atom. The molecule has 0 spiro atoms. The standard InChI is InChI=1S/C26H52O2/c1-2-3-4-5-6-7-8-9-10-11-12-13-14-15-16-17-18-19-23-28-26-22-20-21-25(26)24-27/h25-27H,2-24H2,1H3/t25-,26+/m0/s1. The van der Waals surface area contributed by atoms with Crippen molar-refractivity contribution in [2.75, 3.05) is 13.2 Å². The molecule has 0 amide bonds. The SMILES string of the molecule is CCCCCCCCCCCCCCCCCCCCO[C@@H]1CCC[C@H]1CO. The summed E-state index contributed by atoms with van der Waals surface area (Å²) in [5, 5.41) is 9.32. The van der Waals surface area contributed by atoms with Crippen LogP contribution in [-0.2, 0) is 4.74 Å². The highest BCUT2D eigenvalue weighted by molar-refractivity contribution is 4.77. The van der Waals surface area contributed by atoms with E-state index in [1.807, 2.05) is 0 Å². The van der Waals surface area contributed by atoms with Crippen LogP contribution in [0.25, 0.3) is 0 Å². The summed E-state index contributed by atoms with van der Waals surface area (Å²) >= 11 is 0. The molecule has 2 atom stereocenters. The fraction of sp³-hybridized carbons (Fsp3) is 1.00. The average molecular weight is 397 g/mol. The number of hydrogen-bond acceptors (Lipinski definition) is 2. The van der Waals surface area contributed by atoms with Crippen LogP contribution >= 0.6 is 0 Å². The zero-order valence-corrected chi connectivity index (χ0v) is 19.3. The second kappa shape index (κ2) is 20.2. The van der Waals surface area contributed by atoms with Gasteiger partial charge in [0.25, 0.3) is 0 Å². The first-order valence-electron chi connectivity index (χ1n) is 13.1. The van der Waals surface area contributed by atoms with Crippen molar-refractivity contribution in [2.24, 2.45) is 5.92 Å². The minimum Gasteiger partial charge on any atom is -0.396 e. The van der Waals surface area contributed by atoms with E-state index in [0.717, 1.165) is 19.4 Å². The first kappa shape index (κ1) is 26.0. The number of aliphatic hydroxyl groups is 1. The minimum absolute atomic E-state index is 0.309. The lowest BCUT2D eigenvalue weighted by Crippen LogP contribution is -2.21. The zero-order chi connectivity index (χ0) is 20.1. The predicted octanol–water partition coefficient (Wildman–Crippen LogP) is 8.21. The maximum Gasteiger partial charge on any atom is 0.0625 e. The highest BCUT2D eigenvalue weighted by Crippen LogP contribution is 2.28. The van der Waals surface area contributed by atoms with E-state index in [1.54, 1.807) is 0 Å². The smallest absolute Gasteiger partial charge is 0.0625 e. The molecule has 1 rings (SSSR count). The average Bonchev–Trinajstić information content (AvgIpc) is 3.17.